The molecule has 17 heavy (non-hydrogen) atoms. The third-order valence-corrected chi connectivity index (χ3v) is 3.92. The fourth-order valence-corrected chi connectivity index (χ4v) is 2.76. The van der Waals surface area contributed by atoms with E-state index in [4.69, 9.17) is 16.7 Å². The molecule has 1 aromatic rings. The van der Waals surface area contributed by atoms with Crippen LogP contribution in [0.15, 0.2) is 23.1 Å². The van der Waals surface area contributed by atoms with Crippen molar-refractivity contribution in [3.8, 4) is 0 Å². The number of amides is 1. The zero-order valence-electron chi connectivity index (χ0n) is 9.52. The van der Waals surface area contributed by atoms with Crippen LogP contribution in [0.5, 0.6) is 0 Å². The average molecular weight is 272 g/mol. The molecule has 1 aromatic carbocycles. The van der Waals surface area contributed by atoms with Gasteiger partial charge in [0.2, 0.25) is 5.91 Å². The molecule has 1 saturated heterocycles. The Kier molecular flexibility index (Phi) is 3.97. The number of aliphatic hydroxyl groups is 1. The van der Waals surface area contributed by atoms with Gasteiger partial charge in [-0.05, 0) is 24.5 Å². The fourth-order valence-electron chi connectivity index (χ4n) is 2.01. The van der Waals surface area contributed by atoms with Gasteiger partial charge >= 0.3 is 0 Å². The third-order valence-electron chi connectivity index (χ3n) is 2.90. The molecule has 2 rings (SSSR count). The van der Waals surface area contributed by atoms with Gasteiger partial charge in [-0.25, -0.2) is 0 Å². The van der Waals surface area contributed by atoms with Gasteiger partial charge in [0.1, 0.15) is 0 Å². The van der Waals surface area contributed by atoms with Gasteiger partial charge in [0.15, 0.2) is 0 Å². The molecular weight excluding hydrogens is 258 g/mol. The second kappa shape index (κ2) is 5.29. The van der Waals surface area contributed by atoms with Gasteiger partial charge in [0, 0.05) is 35.4 Å². The molecule has 1 fully saturated rings. The van der Waals surface area contributed by atoms with Crippen LogP contribution in [0.4, 0.5) is 5.69 Å². The maximum absolute atomic E-state index is 11.9. The molecule has 1 amide bonds. The van der Waals surface area contributed by atoms with Crippen molar-refractivity contribution in [3.05, 3.63) is 23.2 Å². The summed E-state index contributed by atoms with van der Waals surface area (Å²) in [6.07, 6.45) is 2.38. The molecule has 0 aromatic heterocycles. The van der Waals surface area contributed by atoms with E-state index in [1.54, 1.807) is 16.7 Å². The van der Waals surface area contributed by atoms with Crippen molar-refractivity contribution in [3.63, 3.8) is 0 Å². The second-order valence-corrected chi connectivity index (χ2v) is 5.36. The topological polar surface area (TPSA) is 40.5 Å². The molecule has 1 heterocycles. The van der Waals surface area contributed by atoms with E-state index in [9.17, 15) is 4.79 Å². The molecule has 92 valence electrons. The summed E-state index contributed by atoms with van der Waals surface area (Å²) in [6, 6.07) is 5.55. The summed E-state index contributed by atoms with van der Waals surface area (Å²) in [5.74, 6) is 0.0952. The highest BCUT2D eigenvalue weighted by molar-refractivity contribution is 7.98. The molecule has 0 bridgehead atoms. The van der Waals surface area contributed by atoms with Crippen LogP contribution in [0, 0.1) is 5.92 Å². The lowest BCUT2D eigenvalue weighted by atomic mass is 10.1. The average Bonchev–Trinajstić information content (AvgIpc) is 2.70. The third kappa shape index (κ3) is 2.59. The smallest absolute Gasteiger partial charge is 0.227 e. The Balaban J connectivity index is 2.33. The molecule has 0 aliphatic carbocycles. The van der Waals surface area contributed by atoms with E-state index in [1.165, 1.54) is 0 Å². The lowest BCUT2D eigenvalue weighted by molar-refractivity contribution is -0.117. The Morgan fingerprint density at radius 3 is 2.94 bits per heavy atom. The minimum Gasteiger partial charge on any atom is -0.396 e. The standard InChI is InChI=1S/C12H14ClNO2S/c1-17-11-3-2-9(13)5-10(11)14-6-8(7-15)4-12(14)16/h2-3,5,8,15H,4,6-7H2,1H3. The van der Waals surface area contributed by atoms with Gasteiger partial charge in [-0.3, -0.25) is 4.79 Å². The largest absolute Gasteiger partial charge is 0.396 e. The van der Waals surface area contributed by atoms with Crippen LogP contribution >= 0.6 is 23.4 Å². The van der Waals surface area contributed by atoms with Gasteiger partial charge in [0.05, 0.1) is 5.69 Å². The molecule has 1 atom stereocenters. The van der Waals surface area contributed by atoms with Gasteiger partial charge in [-0.1, -0.05) is 11.6 Å². The van der Waals surface area contributed by atoms with E-state index in [2.05, 4.69) is 0 Å². The summed E-state index contributed by atoms with van der Waals surface area (Å²) in [7, 11) is 0. The number of carbonyl (C=O) groups excluding carboxylic acids is 1. The van der Waals surface area contributed by atoms with E-state index in [0.717, 1.165) is 10.6 Å². The first-order valence-electron chi connectivity index (χ1n) is 5.40. The highest BCUT2D eigenvalue weighted by atomic mass is 35.5. The molecule has 1 unspecified atom stereocenters. The van der Waals surface area contributed by atoms with Crippen LogP contribution in [0.1, 0.15) is 6.42 Å². The Morgan fingerprint density at radius 1 is 1.59 bits per heavy atom. The molecular formula is C12H14ClNO2S. The highest BCUT2D eigenvalue weighted by Crippen LogP contribution is 2.34. The molecule has 1 aliphatic heterocycles. The zero-order chi connectivity index (χ0) is 12.4. The molecule has 1 aliphatic rings. The SMILES string of the molecule is CSc1ccc(Cl)cc1N1CC(CO)CC1=O. The second-order valence-electron chi connectivity index (χ2n) is 4.07. The van der Waals surface area contributed by atoms with Crippen LogP contribution in [-0.2, 0) is 4.79 Å². The number of aliphatic hydroxyl groups excluding tert-OH is 1. The lowest BCUT2D eigenvalue weighted by Gasteiger charge is -2.19. The number of hydrogen-bond donors (Lipinski definition) is 1. The van der Waals surface area contributed by atoms with Gasteiger partial charge in [-0.2, -0.15) is 0 Å². The van der Waals surface area contributed by atoms with Crippen molar-refractivity contribution in [1.82, 2.24) is 0 Å². The first-order chi connectivity index (χ1) is 8.15. The lowest BCUT2D eigenvalue weighted by Crippen LogP contribution is -2.25. The normalized spacial score (nSPS) is 20.1. The predicted molar refractivity (Wildman–Crippen MR) is 70.8 cm³/mol. The molecule has 0 spiro atoms. The number of anilines is 1. The van der Waals surface area contributed by atoms with E-state index >= 15 is 0 Å². The Morgan fingerprint density at radius 2 is 2.35 bits per heavy atom. The van der Waals surface area contributed by atoms with Crippen molar-refractivity contribution in [2.45, 2.75) is 11.3 Å². The predicted octanol–water partition coefficient (Wildman–Crippen LogP) is 2.41. The van der Waals surface area contributed by atoms with Crippen molar-refractivity contribution < 1.29 is 9.90 Å². The Labute approximate surface area is 110 Å². The monoisotopic (exact) mass is 271 g/mol. The Bertz CT molecular complexity index is 439. The van der Waals surface area contributed by atoms with Gasteiger partial charge in [-0.15, -0.1) is 11.8 Å². The first-order valence-corrected chi connectivity index (χ1v) is 7.00. The van der Waals surface area contributed by atoms with Crippen LogP contribution in [0.25, 0.3) is 0 Å². The van der Waals surface area contributed by atoms with Crippen LogP contribution < -0.4 is 4.90 Å². The minimum absolute atomic E-state index is 0.0381. The number of carbonyl (C=O) groups is 1. The molecule has 0 radical (unpaired) electrons. The maximum atomic E-state index is 11.9. The molecule has 0 saturated carbocycles. The molecule has 1 N–H and O–H groups in total. The zero-order valence-corrected chi connectivity index (χ0v) is 11.1. The van der Waals surface area contributed by atoms with Crippen molar-refractivity contribution in [2.75, 3.05) is 24.3 Å². The molecule has 3 nitrogen and oxygen atoms in total. The van der Waals surface area contributed by atoms with Crippen LogP contribution in [0.2, 0.25) is 5.02 Å². The minimum atomic E-state index is 0.0381. The summed E-state index contributed by atoms with van der Waals surface area (Å²) in [4.78, 5) is 14.6. The van der Waals surface area contributed by atoms with Crippen LogP contribution in [-0.4, -0.2) is 30.4 Å². The summed E-state index contributed by atoms with van der Waals surface area (Å²) >= 11 is 7.56. The number of nitrogens with zero attached hydrogens (tertiary/aromatic N) is 1. The fraction of sp³-hybridized carbons (Fsp3) is 0.417. The van der Waals surface area contributed by atoms with E-state index in [-0.39, 0.29) is 18.4 Å². The van der Waals surface area contributed by atoms with Gasteiger partial charge in [0.25, 0.3) is 0 Å². The first kappa shape index (κ1) is 12.7. The van der Waals surface area contributed by atoms with Crippen LogP contribution in [0.3, 0.4) is 0 Å². The van der Waals surface area contributed by atoms with E-state index < -0.39 is 0 Å². The number of halogens is 1. The van der Waals surface area contributed by atoms with E-state index in [0.29, 0.717) is 18.0 Å². The molecule has 5 heteroatoms. The number of benzene rings is 1. The van der Waals surface area contributed by atoms with Crippen molar-refractivity contribution in [1.29, 1.82) is 0 Å². The summed E-state index contributed by atoms with van der Waals surface area (Å²) < 4.78 is 0. The van der Waals surface area contributed by atoms with Gasteiger partial charge < -0.3 is 10.0 Å². The van der Waals surface area contributed by atoms with E-state index in [1.807, 2.05) is 24.5 Å². The van der Waals surface area contributed by atoms with Crippen molar-refractivity contribution >= 4 is 35.0 Å². The number of thioether (sulfide) groups is 1. The highest BCUT2D eigenvalue weighted by Gasteiger charge is 2.31. The summed E-state index contributed by atoms with van der Waals surface area (Å²) in [5, 5.41) is 9.74. The maximum Gasteiger partial charge on any atom is 0.227 e. The number of hydrogen-bond acceptors (Lipinski definition) is 3. The summed E-state index contributed by atoms with van der Waals surface area (Å²) in [6.45, 7) is 0.626. The number of rotatable bonds is 3. The van der Waals surface area contributed by atoms with Crippen molar-refractivity contribution in [2.24, 2.45) is 5.92 Å². The summed E-state index contributed by atoms with van der Waals surface area (Å²) in [5.41, 5.74) is 0.853. The quantitative estimate of drug-likeness (QED) is 0.859. The Hall–Kier alpha value is -0.710.